The van der Waals surface area contributed by atoms with Crippen LogP contribution in [0.4, 0.5) is 5.69 Å². The van der Waals surface area contributed by atoms with Crippen molar-refractivity contribution in [2.45, 2.75) is 39.5 Å². The third-order valence-electron chi connectivity index (χ3n) is 5.84. The van der Waals surface area contributed by atoms with Crippen LogP contribution >= 0.6 is 0 Å². The van der Waals surface area contributed by atoms with Gasteiger partial charge in [-0.1, -0.05) is 20.8 Å². The fourth-order valence-corrected chi connectivity index (χ4v) is 4.04. The number of hydrogen-bond donors (Lipinski definition) is 1. The summed E-state index contributed by atoms with van der Waals surface area (Å²) in [5.74, 6) is 0.0577. The highest BCUT2D eigenvalue weighted by Crippen LogP contribution is 2.29. The molecule has 2 fully saturated rings. The molecule has 1 unspecified atom stereocenters. The minimum absolute atomic E-state index is 0. The summed E-state index contributed by atoms with van der Waals surface area (Å²) in [6.07, 6.45) is 4.10. The van der Waals surface area contributed by atoms with Crippen LogP contribution in [0.2, 0.25) is 0 Å². The molecule has 0 bridgehead atoms. The predicted molar refractivity (Wildman–Crippen MR) is 115 cm³/mol. The summed E-state index contributed by atoms with van der Waals surface area (Å²) < 4.78 is 5.35. The maximum absolute atomic E-state index is 12.7. The molecule has 1 amide bonds. The van der Waals surface area contributed by atoms with Gasteiger partial charge >= 0.3 is 0 Å². The van der Waals surface area contributed by atoms with E-state index >= 15 is 0 Å². The van der Waals surface area contributed by atoms with Gasteiger partial charge in [-0.25, -0.2) is 0 Å². The standard InChI is InChI=1S/C22H34N4O3.H2/c1-4-25-7-5-6-17(14-25)18-12-19(21(23-13-18)22(28)16(2)3)24-20(27)15-26-8-10-29-11-9-26;/h12-13,16-17H,4-11,14-15H2,1-3H3,(H,24,27);1H. The van der Waals surface area contributed by atoms with E-state index in [4.69, 9.17) is 4.74 Å². The molecule has 2 saturated heterocycles. The molecule has 2 aliphatic heterocycles. The van der Waals surface area contributed by atoms with Crippen LogP contribution in [0.25, 0.3) is 0 Å². The summed E-state index contributed by atoms with van der Waals surface area (Å²) in [6, 6.07) is 1.98. The van der Waals surface area contributed by atoms with Crippen molar-refractivity contribution in [2.75, 3.05) is 57.8 Å². The zero-order valence-electron chi connectivity index (χ0n) is 17.9. The Bertz CT molecular complexity index is 722. The van der Waals surface area contributed by atoms with Crippen LogP contribution in [-0.4, -0.2) is 79.0 Å². The Kier molecular flexibility index (Phi) is 7.75. The van der Waals surface area contributed by atoms with Crippen molar-refractivity contribution in [3.8, 4) is 0 Å². The maximum atomic E-state index is 12.7. The summed E-state index contributed by atoms with van der Waals surface area (Å²) >= 11 is 0. The molecule has 1 aromatic rings. The average molecular weight is 405 g/mol. The summed E-state index contributed by atoms with van der Waals surface area (Å²) in [6.45, 7) is 12.2. The molecule has 7 nitrogen and oxygen atoms in total. The first-order valence-electron chi connectivity index (χ1n) is 10.8. The van der Waals surface area contributed by atoms with Gasteiger partial charge in [-0.2, -0.15) is 0 Å². The lowest BCUT2D eigenvalue weighted by Crippen LogP contribution is -2.41. The number of aromatic nitrogens is 1. The largest absolute Gasteiger partial charge is 0.379 e. The van der Waals surface area contributed by atoms with Crippen LogP contribution in [0.3, 0.4) is 0 Å². The predicted octanol–water partition coefficient (Wildman–Crippen LogP) is 2.64. The molecule has 1 aromatic heterocycles. The Morgan fingerprint density at radius 1 is 1.28 bits per heavy atom. The van der Waals surface area contributed by atoms with Crippen molar-refractivity contribution in [3.63, 3.8) is 0 Å². The molecule has 162 valence electrons. The van der Waals surface area contributed by atoms with Crippen molar-refractivity contribution in [3.05, 3.63) is 23.5 Å². The third-order valence-corrected chi connectivity index (χ3v) is 5.84. The second-order valence-corrected chi connectivity index (χ2v) is 8.35. The van der Waals surface area contributed by atoms with Gasteiger partial charge in [0.15, 0.2) is 5.78 Å². The first-order valence-corrected chi connectivity index (χ1v) is 10.8. The van der Waals surface area contributed by atoms with E-state index in [1.807, 2.05) is 26.1 Å². The molecular weight excluding hydrogens is 368 g/mol. The van der Waals surface area contributed by atoms with Crippen LogP contribution in [0.5, 0.6) is 0 Å². The molecule has 0 radical (unpaired) electrons. The van der Waals surface area contributed by atoms with Gasteiger partial charge in [0.25, 0.3) is 0 Å². The minimum Gasteiger partial charge on any atom is -0.379 e. The molecule has 0 saturated carbocycles. The van der Waals surface area contributed by atoms with Gasteiger partial charge in [0, 0.05) is 33.2 Å². The number of ketones is 1. The first-order chi connectivity index (χ1) is 14.0. The topological polar surface area (TPSA) is 74.8 Å². The molecular formula is C22H36N4O3. The number of carbonyl (C=O) groups excluding carboxylic acids is 2. The molecule has 3 heterocycles. The lowest BCUT2D eigenvalue weighted by molar-refractivity contribution is -0.118. The smallest absolute Gasteiger partial charge is 0.238 e. The first kappa shape index (κ1) is 21.9. The van der Waals surface area contributed by atoms with Gasteiger partial charge in [0.1, 0.15) is 5.69 Å². The van der Waals surface area contributed by atoms with Crippen molar-refractivity contribution in [2.24, 2.45) is 5.92 Å². The Hall–Kier alpha value is -1.83. The Morgan fingerprint density at radius 3 is 2.72 bits per heavy atom. The molecule has 29 heavy (non-hydrogen) atoms. The number of ether oxygens (including phenoxy) is 1. The van der Waals surface area contributed by atoms with Crippen LogP contribution in [-0.2, 0) is 9.53 Å². The number of nitrogens with one attached hydrogen (secondary N) is 1. The number of nitrogens with zero attached hydrogens (tertiary/aromatic N) is 3. The number of morpholine rings is 1. The summed E-state index contributed by atoms with van der Waals surface area (Å²) in [5.41, 5.74) is 2.01. The number of pyridine rings is 1. The fraction of sp³-hybridized carbons (Fsp3) is 0.682. The Morgan fingerprint density at radius 2 is 2.03 bits per heavy atom. The number of likely N-dealkylation sites (N-methyl/N-ethyl adjacent to an activating group) is 1. The molecule has 2 aliphatic rings. The lowest BCUT2D eigenvalue weighted by Gasteiger charge is -2.32. The molecule has 0 spiro atoms. The number of Topliss-reactive ketones (excluding diaryl/α,β-unsaturated/α-hetero) is 1. The number of hydrogen-bond acceptors (Lipinski definition) is 6. The Balaban J connectivity index is 0.00000320. The van der Waals surface area contributed by atoms with Crippen LogP contribution in [0.1, 0.15) is 57.0 Å². The summed E-state index contributed by atoms with van der Waals surface area (Å²) in [7, 11) is 0. The van der Waals surface area contributed by atoms with Gasteiger partial charge < -0.3 is 15.0 Å². The van der Waals surface area contributed by atoms with E-state index in [1.165, 1.54) is 0 Å². The molecule has 7 heteroatoms. The highest BCUT2D eigenvalue weighted by molar-refractivity contribution is 6.04. The summed E-state index contributed by atoms with van der Waals surface area (Å²) in [5, 5.41) is 2.98. The third kappa shape index (κ3) is 5.84. The van der Waals surface area contributed by atoms with Gasteiger partial charge in [-0.05, 0) is 43.5 Å². The molecule has 0 aliphatic carbocycles. The molecule has 0 aromatic carbocycles. The van der Waals surface area contributed by atoms with Crippen LogP contribution in [0.15, 0.2) is 12.3 Å². The normalized spacial score (nSPS) is 21.3. The summed E-state index contributed by atoms with van der Waals surface area (Å²) in [4.78, 5) is 34.4. The van der Waals surface area contributed by atoms with E-state index in [9.17, 15) is 9.59 Å². The SMILES string of the molecule is CCN1CCCC(c2cnc(C(=O)C(C)C)c(NC(=O)CN3CCOCC3)c2)C1.[HH]. The Labute approximate surface area is 175 Å². The van der Waals surface area contributed by atoms with Crippen LogP contribution < -0.4 is 5.32 Å². The number of anilines is 1. The number of rotatable bonds is 7. The van der Waals surface area contributed by atoms with E-state index in [2.05, 4.69) is 27.0 Å². The van der Waals surface area contributed by atoms with Crippen molar-refractivity contribution >= 4 is 17.4 Å². The van der Waals surface area contributed by atoms with E-state index in [-0.39, 0.29) is 19.0 Å². The molecule has 1 N–H and O–H groups in total. The zero-order valence-corrected chi connectivity index (χ0v) is 17.9. The van der Waals surface area contributed by atoms with Crippen molar-refractivity contribution < 1.29 is 15.8 Å². The van der Waals surface area contributed by atoms with Gasteiger partial charge in [0.05, 0.1) is 25.4 Å². The molecule has 1 atom stereocenters. The van der Waals surface area contributed by atoms with Crippen LogP contribution in [0, 0.1) is 5.92 Å². The fourth-order valence-electron chi connectivity index (χ4n) is 4.04. The zero-order chi connectivity index (χ0) is 20.8. The second-order valence-electron chi connectivity index (χ2n) is 8.35. The van der Waals surface area contributed by atoms with E-state index < -0.39 is 0 Å². The highest BCUT2D eigenvalue weighted by Gasteiger charge is 2.24. The number of piperidine rings is 1. The van der Waals surface area contributed by atoms with E-state index in [0.29, 0.717) is 37.1 Å². The monoisotopic (exact) mass is 404 g/mol. The number of carbonyl (C=O) groups is 2. The number of amides is 1. The van der Waals surface area contributed by atoms with Crippen molar-refractivity contribution in [1.29, 1.82) is 0 Å². The highest BCUT2D eigenvalue weighted by atomic mass is 16.5. The van der Waals surface area contributed by atoms with Gasteiger partial charge in [0.2, 0.25) is 5.91 Å². The number of likely N-dealkylation sites (tertiary alicyclic amines) is 1. The van der Waals surface area contributed by atoms with Gasteiger partial charge in [-0.15, -0.1) is 0 Å². The average Bonchev–Trinajstić information content (AvgIpc) is 2.73. The van der Waals surface area contributed by atoms with Gasteiger partial charge in [-0.3, -0.25) is 19.5 Å². The second kappa shape index (κ2) is 10.3. The quantitative estimate of drug-likeness (QED) is 0.704. The van der Waals surface area contributed by atoms with E-state index in [1.54, 1.807) is 0 Å². The van der Waals surface area contributed by atoms with E-state index in [0.717, 1.165) is 51.1 Å². The minimum atomic E-state index is -0.173. The maximum Gasteiger partial charge on any atom is 0.238 e. The van der Waals surface area contributed by atoms with Crippen molar-refractivity contribution in [1.82, 2.24) is 14.8 Å². The molecule has 3 rings (SSSR count). The lowest BCUT2D eigenvalue weighted by atomic mass is 9.90.